The van der Waals surface area contributed by atoms with Gasteiger partial charge in [-0.3, -0.25) is 9.36 Å². The molecule has 0 amide bonds. The number of benzene rings is 2. The third kappa shape index (κ3) is 2.59. The summed E-state index contributed by atoms with van der Waals surface area (Å²) in [5, 5.41) is 3.93. The van der Waals surface area contributed by atoms with Crippen LogP contribution in [0, 0.1) is 9.39 Å². The first-order valence-electron chi connectivity index (χ1n) is 6.31. The van der Waals surface area contributed by atoms with Crippen LogP contribution in [0.15, 0.2) is 52.4 Å². The lowest BCUT2D eigenvalue weighted by Gasteiger charge is -2.11. The van der Waals surface area contributed by atoms with Crippen LogP contribution in [0.2, 0.25) is 0 Å². The number of hydrogen-bond donors (Lipinski definition) is 1. The molecule has 0 unspecified atom stereocenters. The lowest BCUT2D eigenvalue weighted by molar-refractivity contribution is 0.627. The molecule has 22 heavy (non-hydrogen) atoms. The standard InChI is InChI=1S/C15H10FIN4O/c16-9-1-4-11(5-2-9)21-14(8-19-18)20-13-6-3-10(17)7-12(13)15(21)22/h1-8H,18H2/b19-8+. The van der Waals surface area contributed by atoms with Gasteiger partial charge in [0.15, 0.2) is 5.82 Å². The molecule has 0 spiro atoms. The van der Waals surface area contributed by atoms with E-state index in [0.717, 1.165) is 3.57 Å². The van der Waals surface area contributed by atoms with E-state index >= 15 is 0 Å². The lowest BCUT2D eigenvalue weighted by atomic mass is 10.2. The molecule has 2 aromatic carbocycles. The minimum absolute atomic E-state index is 0.259. The predicted octanol–water partition coefficient (Wildman–Crippen LogP) is 2.42. The molecule has 0 aliphatic heterocycles. The number of nitrogens with zero attached hydrogens (tertiary/aromatic N) is 3. The number of rotatable bonds is 2. The maximum Gasteiger partial charge on any atom is 0.266 e. The van der Waals surface area contributed by atoms with Crippen molar-refractivity contribution >= 4 is 39.7 Å². The van der Waals surface area contributed by atoms with Gasteiger partial charge in [-0.2, -0.15) is 5.10 Å². The number of hydrazone groups is 1. The maximum atomic E-state index is 13.1. The molecule has 0 aliphatic carbocycles. The average Bonchev–Trinajstić information content (AvgIpc) is 2.50. The number of hydrogen-bond acceptors (Lipinski definition) is 4. The van der Waals surface area contributed by atoms with E-state index < -0.39 is 0 Å². The van der Waals surface area contributed by atoms with Crippen molar-refractivity contribution in [2.45, 2.75) is 0 Å². The summed E-state index contributed by atoms with van der Waals surface area (Å²) in [7, 11) is 0. The van der Waals surface area contributed by atoms with Crippen molar-refractivity contribution in [3.05, 3.63) is 68.0 Å². The molecule has 0 fully saturated rings. The van der Waals surface area contributed by atoms with Gasteiger partial charge >= 0.3 is 0 Å². The summed E-state index contributed by atoms with van der Waals surface area (Å²) in [4.78, 5) is 17.2. The Labute approximate surface area is 138 Å². The van der Waals surface area contributed by atoms with Gasteiger partial charge in [-0.15, -0.1) is 0 Å². The second kappa shape index (κ2) is 5.84. The van der Waals surface area contributed by atoms with Crippen LogP contribution in [-0.2, 0) is 0 Å². The number of nitrogens with two attached hydrogens (primary N) is 1. The average molecular weight is 408 g/mol. The van der Waals surface area contributed by atoms with Gasteiger partial charge in [0, 0.05) is 3.57 Å². The summed E-state index contributed by atoms with van der Waals surface area (Å²) in [5.74, 6) is 5.11. The van der Waals surface area contributed by atoms with E-state index in [0.29, 0.717) is 16.6 Å². The number of halogens is 2. The first-order chi connectivity index (χ1) is 10.6. The highest BCUT2D eigenvalue weighted by molar-refractivity contribution is 14.1. The van der Waals surface area contributed by atoms with Crippen molar-refractivity contribution < 1.29 is 4.39 Å². The van der Waals surface area contributed by atoms with E-state index in [1.165, 1.54) is 35.0 Å². The molecule has 110 valence electrons. The maximum absolute atomic E-state index is 13.1. The molecule has 0 saturated carbocycles. The summed E-state index contributed by atoms with van der Waals surface area (Å²) < 4.78 is 15.4. The van der Waals surface area contributed by atoms with E-state index in [4.69, 9.17) is 5.84 Å². The Bertz CT molecular complexity index is 935. The molecule has 0 saturated heterocycles. The Balaban J connectivity index is 2.40. The zero-order valence-electron chi connectivity index (χ0n) is 11.2. The largest absolute Gasteiger partial charge is 0.323 e. The van der Waals surface area contributed by atoms with Gasteiger partial charge < -0.3 is 5.84 Å². The fraction of sp³-hybridized carbons (Fsp3) is 0. The van der Waals surface area contributed by atoms with Crippen LogP contribution in [0.4, 0.5) is 4.39 Å². The van der Waals surface area contributed by atoms with Gasteiger partial charge in [0.25, 0.3) is 5.56 Å². The van der Waals surface area contributed by atoms with Crippen molar-refractivity contribution in [2.75, 3.05) is 0 Å². The van der Waals surface area contributed by atoms with Gasteiger partial charge in [0.05, 0.1) is 22.8 Å². The SMILES string of the molecule is N/N=C/c1nc2ccc(I)cc2c(=O)n1-c1ccc(F)cc1. The van der Waals surface area contributed by atoms with Crippen molar-refractivity contribution in [3.63, 3.8) is 0 Å². The fourth-order valence-electron chi connectivity index (χ4n) is 2.17. The summed E-state index contributed by atoms with van der Waals surface area (Å²) >= 11 is 2.13. The zero-order chi connectivity index (χ0) is 15.7. The molecule has 1 aromatic heterocycles. The van der Waals surface area contributed by atoms with Crippen molar-refractivity contribution in [1.29, 1.82) is 0 Å². The molecule has 3 rings (SSSR count). The summed E-state index contributed by atoms with van der Waals surface area (Å²) in [6.07, 6.45) is 1.29. The minimum Gasteiger partial charge on any atom is -0.323 e. The summed E-state index contributed by atoms with van der Waals surface area (Å²) in [6, 6.07) is 11.0. The third-order valence-corrected chi connectivity index (χ3v) is 3.80. The second-order valence-corrected chi connectivity index (χ2v) is 5.77. The normalized spacial score (nSPS) is 11.4. The van der Waals surface area contributed by atoms with E-state index in [-0.39, 0.29) is 17.2 Å². The van der Waals surface area contributed by atoms with Crippen LogP contribution in [0.5, 0.6) is 0 Å². The van der Waals surface area contributed by atoms with Crippen molar-refractivity contribution in [1.82, 2.24) is 9.55 Å². The van der Waals surface area contributed by atoms with Crippen LogP contribution in [0.3, 0.4) is 0 Å². The van der Waals surface area contributed by atoms with E-state index in [2.05, 4.69) is 32.7 Å². The monoisotopic (exact) mass is 408 g/mol. The Morgan fingerprint density at radius 3 is 2.64 bits per heavy atom. The molecule has 5 nitrogen and oxygen atoms in total. The Morgan fingerprint density at radius 1 is 1.23 bits per heavy atom. The molecular weight excluding hydrogens is 398 g/mol. The molecule has 0 atom stereocenters. The smallest absolute Gasteiger partial charge is 0.266 e. The van der Waals surface area contributed by atoms with Crippen LogP contribution >= 0.6 is 22.6 Å². The Morgan fingerprint density at radius 2 is 1.95 bits per heavy atom. The topological polar surface area (TPSA) is 73.3 Å². The van der Waals surface area contributed by atoms with Gasteiger partial charge in [-0.25, -0.2) is 9.37 Å². The van der Waals surface area contributed by atoms with Crippen LogP contribution in [0.25, 0.3) is 16.6 Å². The quantitative estimate of drug-likeness (QED) is 0.307. The third-order valence-electron chi connectivity index (χ3n) is 3.13. The van der Waals surface area contributed by atoms with E-state index in [1.807, 2.05) is 6.07 Å². The van der Waals surface area contributed by atoms with Crippen LogP contribution < -0.4 is 11.4 Å². The lowest BCUT2D eigenvalue weighted by Crippen LogP contribution is -2.24. The molecule has 0 aliphatic rings. The van der Waals surface area contributed by atoms with Crippen LogP contribution in [-0.4, -0.2) is 15.8 Å². The first kappa shape index (κ1) is 14.6. The minimum atomic E-state index is -0.380. The Kier molecular flexibility index (Phi) is 3.88. The van der Waals surface area contributed by atoms with E-state index in [1.54, 1.807) is 12.1 Å². The van der Waals surface area contributed by atoms with Crippen molar-refractivity contribution in [3.8, 4) is 5.69 Å². The van der Waals surface area contributed by atoms with Gasteiger partial charge in [0.2, 0.25) is 0 Å². The Hall–Kier alpha value is -2.29. The first-order valence-corrected chi connectivity index (χ1v) is 7.39. The summed E-state index contributed by atoms with van der Waals surface area (Å²) in [5.41, 5.74) is 0.790. The molecule has 2 N–H and O–H groups in total. The number of aromatic nitrogens is 2. The predicted molar refractivity (Wildman–Crippen MR) is 91.8 cm³/mol. The van der Waals surface area contributed by atoms with Gasteiger partial charge in [0.1, 0.15) is 5.82 Å². The molecule has 1 heterocycles. The van der Waals surface area contributed by atoms with E-state index in [9.17, 15) is 9.18 Å². The van der Waals surface area contributed by atoms with Crippen LogP contribution in [0.1, 0.15) is 5.82 Å². The highest BCUT2D eigenvalue weighted by atomic mass is 127. The molecule has 7 heteroatoms. The highest BCUT2D eigenvalue weighted by Gasteiger charge is 2.12. The van der Waals surface area contributed by atoms with Crippen molar-refractivity contribution in [2.24, 2.45) is 10.9 Å². The second-order valence-electron chi connectivity index (χ2n) is 4.53. The van der Waals surface area contributed by atoms with Gasteiger partial charge in [-0.05, 0) is 65.1 Å². The molecular formula is C15H10FIN4O. The summed E-state index contributed by atoms with van der Waals surface area (Å²) in [6.45, 7) is 0. The van der Waals surface area contributed by atoms with Gasteiger partial charge in [-0.1, -0.05) is 0 Å². The molecule has 0 bridgehead atoms. The zero-order valence-corrected chi connectivity index (χ0v) is 13.4. The highest BCUT2D eigenvalue weighted by Crippen LogP contribution is 2.15. The number of fused-ring (bicyclic) bond motifs is 1. The molecule has 3 aromatic rings. The fourth-order valence-corrected chi connectivity index (χ4v) is 2.66. The molecule has 0 radical (unpaired) electrons.